The van der Waals surface area contributed by atoms with E-state index in [2.05, 4.69) is 160 Å². The second-order valence-electron chi connectivity index (χ2n) is 14.3. The number of aromatic nitrogens is 3. The zero-order chi connectivity index (χ0) is 31.7. The summed E-state index contributed by atoms with van der Waals surface area (Å²) in [6, 6.07) is 46.5. The number of benzene rings is 6. The van der Waals surface area contributed by atoms with Gasteiger partial charge in [0, 0.05) is 32.7 Å². The Morgan fingerprint density at radius 1 is 0.489 bits per heavy atom. The average Bonchev–Trinajstić information content (AvgIpc) is 3.63. The van der Waals surface area contributed by atoms with Crippen LogP contribution < -0.4 is 0 Å². The molecule has 0 aliphatic heterocycles. The van der Waals surface area contributed by atoms with Gasteiger partial charge in [-0.25, -0.2) is 9.97 Å². The second kappa shape index (κ2) is 9.04. The van der Waals surface area contributed by atoms with Crippen LogP contribution in [0.3, 0.4) is 0 Å². The molecule has 0 amide bonds. The van der Waals surface area contributed by atoms with Gasteiger partial charge in [0.15, 0.2) is 5.82 Å². The first kappa shape index (κ1) is 26.7. The molecule has 0 unspecified atom stereocenters. The summed E-state index contributed by atoms with van der Waals surface area (Å²) in [4.78, 5) is 11.0. The molecule has 0 saturated carbocycles. The normalized spacial score (nSPS) is 15.1. The fourth-order valence-electron chi connectivity index (χ4n) is 8.56. The quantitative estimate of drug-likeness (QED) is 0.197. The number of rotatable bonds is 2. The second-order valence-corrected chi connectivity index (χ2v) is 14.3. The van der Waals surface area contributed by atoms with Crippen LogP contribution in [0.2, 0.25) is 0 Å². The van der Waals surface area contributed by atoms with E-state index < -0.39 is 0 Å². The Balaban J connectivity index is 1.32. The largest absolute Gasteiger partial charge is 0.293 e. The number of hydrogen-bond acceptors (Lipinski definition) is 2. The predicted octanol–water partition coefficient (Wildman–Crippen LogP) is 11.0. The van der Waals surface area contributed by atoms with E-state index in [9.17, 15) is 0 Å². The summed E-state index contributed by atoms with van der Waals surface area (Å²) in [6.45, 7) is 9.26. The molecule has 2 heterocycles. The summed E-state index contributed by atoms with van der Waals surface area (Å²) in [5.74, 6) is 1.70. The van der Waals surface area contributed by atoms with Gasteiger partial charge in [-0.2, -0.15) is 0 Å². The fourth-order valence-corrected chi connectivity index (χ4v) is 8.56. The zero-order valence-electron chi connectivity index (χ0n) is 27.0. The lowest BCUT2D eigenvalue weighted by atomic mass is 9.82. The fraction of sp³-hybridized carbons (Fsp3) is 0.136. The lowest BCUT2D eigenvalue weighted by Gasteiger charge is -2.22. The topological polar surface area (TPSA) is 30.7 Å². The summed E-state index contributed by atoms with van der Waals surface area (Å²) in [6.07, 6.45) is 0. The van der Waals surface area contributed by atoms with Crippen molar-refractivity contribution in [2.45, 2.75) is 38.5 Å². The monoisotopic (exact) mass is 603 g/mol. The minimum atomic E-state index is -0.283. The molecule has 2 aliphatic rings. The summed E-state index contributed by atoms with van der Waals surface area (Å²) in [7, 11) is 0. The van der Waals surface area contributed by atoms with Gasteiger partial charge in [0.1, 0.15) is 5.82 Å². The molecule has 3 nitrogen and oxygen atoms in total. The summed E-state index contributed by atoms with van der Waals surface area (Å²) >= 11 is 0. The van der Waals surface area contributed by atoms with Crippen molar-refractivity contribution in [1.29, 1.82) is 0 Å². The highest BCUT2D eigenvalue weighted by Crippen LogP contribution is 2.52. The molecule has 0 fully saturated rings. The van der Waals surface area contributed by atoms with Gasteiger partial charge < -0.3 is 0 Å². The highest BCUT2D eigenvalue weighted by atomic mass is 15.1. The van der Waals surface area contributed by atoms with E-state index in [1.165, 1.54) is 54.9 Å². The molecule has 3 heteroatoms. The molecule has 47 heavy (non-hydrogen) atoms. The molecule has 0 N–H and O–H groups in total. The molecule has 224 valence electrons. The Labute approximate surface area is 274 Å². The van der Waals surface area contributed by atoms with Crippen molar-refractivity contribution in [2.75, 3.05) is 0 Å². The van der Waals surface area contributed by atoms with Gasteiger partial charge in [0.05, 0.1) is 16.7 Å². The van der Waals surface area contributed by atoms with Gasteiger partial charge in [-0.3, -0.25) is 4.57 Å². The molecular formula is C44H33N3. The summed E-state index contributed by atoms with van der Waals surface area (Å²) in [5, 5.41) is 4.92. The maximum atomic E-state index is 5.57. The third-order valence-electron chi connectivity index (χ3n) is 10.9. The van der Waals surface area contributed by atoms with E-state index in [4.69, 9.17) is 9.97 Å². The Hall–Kier alpha value is -5.54. The molecule has 10 rings (SSSR count). The molecule has 0 spiro atoms. The standard InChI is InChI=1S/C44H33N3/c1-43(2)34-18-10-7-15-29(34)32-24-28(21-22-36(32)43)41-45-40-39(31-17-8-11-19-35(31)44(40,3)4)42(46-41)47-37-20-12-9-16-30(37)33-23-26-13-5-6-14-27(26)25-38(33)47/h5-25H,1-4H3. The van der Waals surface area contributed by atoms with Crippen LogP contribution in [-0.2, 0) is 10.8 Å². The average molecular weight is 604 g/mol. The third kappa shape index (κ3) is 3.46. The van der Waals surface area contributed by atoms with Crippen LogP contribution in [0.1, 0.15) is 50.1 Å². The van der Waals surface area contributed by atoms with E-state index >= 15 is 0 Å². The first-order valence-corrected chi connectivity index (χ1v) is 16.5. The van der Waals surface area contributed by atoms with Gasteiger partial charge in [-0.15, -0.1) is 0 Å². The summed E-state index contributed by atoms with van der Waals surface area (Å²) in [5.41, 5.74) is 13.0. The van der Waals surface area contributed by atoms with E-state index in [0.29, 0.717) is 0 Å². The lowest BCUT2D eigenvalue weighted by molar-refractivity contribution is 0.635. The van der Waals surface area contributed by atoms with E-state index in [0.717, 1.165) is 39.5 Å². The molecule has 0 bridgehead atoms. The Morgan fingerprint density at radius 3 is 1.94 bits per heavy atom. The van der Waals surface area contributed by atoms with Gasteiger partial charge in [-0.05, 0) is 68.4 Å². The van der Waals surface area contributed by atoms with Crippen molar-refractivity contribution in [1.82, 2.24) is 14.5 Å². The lowest BCUT2D eigenvalue weighted by Crippen LogP contribution is -2.18. The van der Waals surface area contributed by atoms with Gasteiger partial charge in [0.2, 0.25) is 0 Å². The van der Waals surface area contributed by atoms with Gasteiger partial charge in [-0.1, -0.05) is 131 Å². The van der Waals surface area contributed by atoms with E-state index in [-0.39, 0.29) is 10.8 Å². The van der Waals surface area contributed by atoms with Crippen LogP contribution in [0.25, 0.3) is 72.0 Å². The highest BCUT2D eigenvalue weighted by molar-refractivity contribution is 6.14. The first-order chi connectivity index (χ1) is 22.8. The van der Waals surface area contributed by atoms with E-state index in [1.807, 2.05) is 0 Å². The molecule has 0 radical (unpaired) electrons. The van der Waals surface area contributed by atoms with Gasteiger partial charge in [0.25, 0.3) is 0 Å². The van der Waals surface area contributed by atoms with Crippen LogP contribution in [-0.4, -0.2) is 14.5 Å². The van der Waals surface area contributed by atoms with Crippen LogP contribution in [0.5, 0.6) is 0 Å². The van der Waals surface area contributed by atoms with Crippen molar-refractivity contribution < 1.29 is 0 Å². The van der Waals surface area contributed by atoms with Crippen LogP contribution in [0.15, 0.2) is 127 Å². The smallest absolute Gasteiger partial charge is 0.161 e. The SMILES string of the molecule is CC1(C)c2ccccc2-c2cc(-c3nc(-n4c5ccccc5c5cc6ccccc6cc54)c4c(n3)C(C)(C)c3ccccc3-4)ccc21. The van der Waals surface area contributed by atoms with Crippen molar-refractivity contribution in [3.8, 4) is 39.5 Å². The highest BCUT2D eigenvalue weighted by Gasteiger charge is 2.41. The van der Waals surface area contributed by atoms with Crippen LogP contribution in [0.4, 0.5) is 0 Å². The molecule has 0 atom stereocenters. The number of nitrogens with zero attached hydrogens (tertiary/aromatic N) is 3. The molecular weight excluding hydrogens is 571 g/mol. The predicted molar refractivity (Wildman–Crippen MR) is 194 cm³/mol. The minimum absolute atomic E-state index is 0.0518. The minimum Gasteiger partial charge on any atom is -0.293 e. The van der Waals surface area contributed by atoms with Crippen molar-refractivity contribution in [3.63, 3.8) is 0 Å². The molecule has 8 aromatic rings. The maximum Gasteiger partial charge on any atom is 0.161 e. The third-order valence-corrected chi connectivity index (χ3v) is 10.9. The molecule has 2 aliphatic carbocycles. The summed E-state index contributed by atoms with van der Waals surface area (Å²) < 4.78 is 2.39. The number of para-hydroxylation sites is 1. The number of hydrogen-bond donors (Lipinski definition) is 0. The maximum absolute atomic E-state index is 5.57. The molecule has 0 saturated heterocycles. The molecule has 2 aromatic heterocycles. The van der Waals surface area contributed by atoms with Gasteiger partial charge >= 0.3 is 0 Å². The molecule has 6 aromatic carbocycles. The Bertz CT molecular complexity index is 2640. The first-order valence-electron chi connectivity index (χ1n) is 16.5. The Kier molecular flexibility index (Phi) is 5.13. The van der Waals surface area contributed by atoms with Crippen LogP contribution >= 0.6 is 0 Å². The Morgan fingerprint density at radius 2 is 1.13 bits per heavy atom. The number of fused-ring (bicyclic) bond motifs is 10. The van der Waals surface area contributed by atoms with E-state index in [1.54, 1.807) is 0 Å². The van der Waals surface area contributed by atoms with Crippen molar-refractivity contribution in [2.24, 2.45) is 0 Å². The van der Waals surface area contributed by atoms with Crippen LogP contribution in [0, 0.1) is 0 Å². The van der Waals surface area contributed by atoms with Crippen molar-refractivity contribution >= 4 is 32.6 Å². The van der Waals surface area contributed by atoms with Crippen molar-refractivity contribution in [3.05, 3.63) is 150 Å². The zero-order valence-corrected chi connectivity index (χ0v) is 27.0.